The molecule has 0 saturated carbocycles. The molecule has 2 aromatic carbocycles. The van der Waals surface area contributed by atoms with E-state index in [0.717, 1.165) is 22.2 Å². The van der Waals surface area contributed by atoms with Gasteiger partial charge < -0.3 is 14.2 Å². The van der Waals surface area contributed by atoms with E-state index in [-0.39, 0.29) is 5.91 Å². The fraction of sp³-hybridized carbons (Fsp3) is 0.273. The third-order valence-corrected chi connectivity index (χ3v) is 6.13. The molecular formula is C22H19Cl2N3O2. The van der Waals surface area contributed by atoms with E-state index in [1.54, 1.807) is 23.1 Å². The molecule has 1 aliphatic heterocycles. The second-order valence-corrected chi connectivity index (χ2v) is 7.83. The number of halogens is 2. The Labute approximate surface area is 179 Å². The lowest BCUT2D eigenvalue weighted by Crippen LogP contribution is -2.40. The first kappa shape index (κ1) is 19.8. The number of rotatable bonds is 3. The summed E-state index contributed by atoms with van der Waals surface area (Å²) in [6.45, 7) is 2.17. The Morgan fingerprint density at radius 3 is 2.66 bits per heavy atom. The number of morpholine rings is 1. The molecule has 4 rings (SSSR count). The maximum absolute atomic E-state index is 12.9. The van der Waals surface area contributed by atoms with Crippen molar-refractivity contribution in [2.45, 2.75) is 6.42 Å². The van der Waals surface area contributed by atoms with Gasteiger partial charge in [0.2, 0.25) is 0 Å². The first-order chi connectivity index (χ1) is 14.0. The van der Waals surface area contributed by atoms with Gasteiger partial charge in [0, 0.05) is 48.2 Å². The first-order valence-corrected chi connectivity index (χ1v) is 10.1. The number of hydrogen-bond acceptors (Lipinski definition) is 3. The third kappa shape index (κ3) is 3.72. The smallest absolute Gasteiger partial charge is 0.255 e. The van der Waals surface area contributed by atoms with Crippen LogP contribution in [0.15, 0.2) is 36.4 Å². The quantitative estimate of drug-likeness (QED) is 0.621. The second-order valence-electron chi connectivity index (χ2n) is 7.05. The number of hydrogen-bond donors (Lipinski definition) is 0. The van der Waals surface area contributed by atoms with Crippen LogP contribution in [0.3, 0.4) is 0 Å². The van der Waals surface area contributed by atoms with Gasteiger partial charge in [0.05, 0.1) is 35.4 Å². The number of carbonyl (C=O) groups is 1. The summed E-state index contributed by atoms with van der Waals surface area (Å²) in [5, 5.41) is 11.0. The van der Waals surface area contributed by atoms with Crippen LogP contribution >= 0.6 is 23.2 Å². The van der Waals surface area contributed by atoms with Gasteiger partial charge in [-0.2, -0.15) is 5.26 Å². The number of nitriles is 1. The molecule has 1 fully saturated rings. The lowest BCUT2D eigenvalue weighted by atomic mass is 10.0. The minimum Gasteiger partial charge on any atom is -0.378 e. The van der Waals surface area contributed by atoms with Crippen molar-refractivity contribution in [1.82, 2.24) is 9.47 Å². The number of aryl methyl sites for hydroxylation is 1. The van der Waals surface area contributed by atoms with E-state index < -0.39 is 0 Å². The molecular weight excluding hydrogens is 409 g/mol. The van der Waals surface area contributed by atoms with Crippen molar-refractivity contribution in [3.8, 4) is 6.07 Å². The molecule has 0 unspecified atom stereocenters. The summed E-state index contributed by atoms with van der Waals surface area (Å²) in [4.78, 5) is 14.7. The van der Waals surface area contributed by atoms with Crippen molar-refractivity contribution < 1.29 is 9.53 Å². The molecule has 2 heterocycles. The molecule has 1 aliphatic rings. The molecule has 1 saturated heterocycles. The highest BCUT2D eigenvalue weighted by Gasteiger charge is 2.23. The maximum Gasteiger partial charge on any atom is 0.255 e. The van der Waals surface area contributed by atoms with Gasteiger partial charge in [-0.05, 0) is 42.0 Å². The van der Waals surface area contributed by atoms with Crippen molar-refractivity contribution in [1.29, 1.82) is 5.26 Å². The van der Waals surface area contributed by atoms with Gasteiger partial charge in [-0.25, -0.2) is 0 Å². The van der Waals surface area contributed by atoms with Gasteiger partial charge in [0.15, 0.2) is 0 Å². The number of amides is 1. The van der Waals surface area contributed by atoms with Crippen LogP contribution in [0.4, 0.5) is 0 Å². The van der Waals surface area contributed by atoms with E-state index in [1.807, 2.05) is 25.2 Å². The van der Waals surface area contributed by atoms with Gasteiger partial charge in [0.25, 0.3) is 5.91 Å². The normalized spacial score (nSPS) is 14.2. The van der Waals surface area contributed by atoms with Crippen molar-refractivity contribution in [3.63, 3.8) is 0 Å². The fourth-order valence-corrected chi connectivity index (χ4v) is 4.27. The average Bonchev–Trinajstić information content (AvgIpc) is 3.06. The van der Waals surface area contributed by atoms with Crippen LogP contribution in [-0.4, -0.2) is 41.7 Å². The summed E-state index contributed by atoms with van der Waals surface area (Å²) < 4.78 is 7.38. The summed E-state index contributed by atoms with van der Waals surface area (Å²) in [7, 11) is 1.97. The summed E-state index contributed by atoms with van der Waals surface area (Å²) in [6.07, 6.45) is 0.481. The minimum atomic E-state index is -0.105. The van der Waals surface area contributed by atoms with Gasteiger partial charge in [0.1, 0.15) is 0 Å². The molecule has 5 nitrogen and oxygen atoms in total. The molecule has 3 aromatic rings. The summed E-state index contributed by atoms with van der Waals surface area (Å²) in [6, 6.07) is 13.2. The Hall–Kier alpha value is -2.52. The summed E-state index contributed by atoms with van der Waals surface area (Å²) in [5.74, 6) is -0.105. The Morgan fingerprint density at radius 1 is 1.17 bits per heavy atom. The number of nitrogens with zero attached hydrogens (tertiary/aromatic N) is 3. The molecule has 7 heteroatoms. The fourth-order valence-electron chi connectivity index (χ4n) is 3.69. The molecule has 0 aliphatic carbocycles. The monoisotopic (exact) mass is 427 g/mol. The lowest BCUT2D eigenvalue weighted by Gasteiger charge is -2.27. The van der Waals surface area contributed by atoms with E-state index >= 15 is 0 Å². The third-order valence-electron chi connectivity index (χ3n) is 5.34. The van der Waals surface area contributed by atoms with E-state index in [2.05, 4.69) is 10.6 Å². The maximum atomic E-state index is 12.9. The molecule has 29 heavy (non-hydrogen) atoms. The zero-order valence-electron chi connectivity index (χ0n) is 15.9. The topological polar surface area (TPSA) is 58.3 Å². The van der Waals surface area contributed by atoms with Crippen molar-refractivity contribution in [2.24, 2.45) is 7.05 Å². The number of carbonyl (C=O) groups excluding carboxylic acids is 1. The number of ether oxygens (including phenoxy) is 1. The van der Waals surface area contributed by atoms with Crippen LogP contribution in [-0.2, 0) is 18.2 Å². The largest absolute Gasteiger partial charge is 0.378 e. The van der Waals surface area contributed by atoms with E-state index in [0.29, 0.717) is 53.9 Å². The summed E-state index contributed by atoms with van der Waals surface area (Å²) >= 11 is 13.1. The zero-order valence-corrected chi connectivity index (χ0v) is 17.4. The van der Waals surface area contributed by atoms with Gasteiger partial charge >= 0.3 is 0 Å². The first-order valence-electron chi connectivity index (χ1n) is 9.32. The minimum absolute atomic E-state index is 0.105. The Kier molecular flexibility index (Phi) is 5.51. The van der Waals surface area contributed by atoms with E-state index in [1.165, 1.54) is 0 Å². The standard InChI is InChI=1S/C22H19Cl2N3O2/c1-26-16(11-15-10-14(13-25)2-5-20(15)26)12-18-19(23)4-3-17(21(18)24)22(28)27-6-8-29-9-7-27/h2-5,10-11H,6-9,12H2,1H3. The molecule has 1 amide bonds. The van der Waals surface area contributed by atoms with Crippen LogP contribution in [0.5, 0.6) is 0 Å². The van der Waals surface area contributed by atoms with Crippen LogP contribution in [0.25, 0.3) is 10.9 Å². The Morgan fingerprint density at radius 2 is 1.93 bits per heavy atom. The van der Waals surface area contributed by atoms with Gasteiger partial charge in [-0.15, -0.1) is 0 Å². The van der Waals surface area contributed by atoms with Crippen molar-refractivity contribution in [3.05, 3.63) is 68.8 Å². The predicted octanol–water partition coefficient (Wildman–Crippen LogP) is 4.42. The van der Waals surface area contributed by atoms with Gasteiger partial charge in [-0.3, -0.25) is 4.79 Å². The van der Waals surface area contributed by atoms with Crippen LogP contribution in [0.1, 0.15) is 27.2 Å². The van der Waals surface area contributed by atoms with Crippen LogP contribution in [0, 0.1) is 11.3 Å². The highest BCUT2D eigenvalue weighted by atomic mass is 35.5. The second kappa shape index (κ2) is 8.08. The van der Waals surface area contributed by atoms with Crippen molar-refractivity contribution in [2.75, 3.05) is 26.3 Å². The van der Waals surface area contributed by atoms with Crippen LogP contribution < -0.4 is 0 Å². The highest BCUT2D eigenvalue weighted by molar-refractivity contribution is 6.38. The molecule has 0 bridgehead atoms. The van der Waals surface area contributed by atoms with Gasteiger partial charge in [-0.1, -0.05) is 23.2 Å². The molecule has 0 atom stereocenters. The Balaban J connectivity index is 1.70. The lowest BCUT2D eigenvalue weighted by molar-refractivity contribution is 0.0303. The van der Waals surface area contributed by atoms with E-state index in [4.69, 9.17) is 33.2 Å². The van der Waals surface area contributed by atoms with Crippen LogP contribution in [0.2, 0.25) is 10.0 Å². The average molecular weight is 428 g/mol. The molecule has 148 valence electrons. The number of benzene rings is 2. The predicted molar refractivity (Wildman–Crippen MR) is 114 cm³/mol. The molecule has 0 radical (unpaired) electrons. The molecule has 0 N–H and O–H groups in total. The number of aromatic nitrogens is 1. The molecule has 0 spiro atoms. The molecule has 1 aromatic heterocycles. The van der Waals surface area contributed by atoms with E-state index in [9.17, 15) is 4.79 Å². The Bertz CT molecular complexity index is 1140. The SMILES string of the molecule is Cn1c(Cc2c(Cl)ccc(C(=O)N3CCOCC3)c2Cl)cc2cc(C#N)ccc21. The highest BCUT2D eigenvalue weighted by Crippen LogP contribution is 2.32. The zero-order chi connectivity index (χ0) is 20.5. The number of fused-ring (bicyclic) bond motifs is 1. The van der Waals surface area contributed by atoms with Crippen molar-refractivity contribution >= 4 is 40.0 Å². The summed E-state index contributed by atoms with van der Waals surface area (Å²) in [5.41, 5.74) is 3.81.